The number of carbonyl (C=O) groups is 3. The maximum atomic E-state index is 11.7. The van der Waals surface area contributed by atoms with E-state index in [1.54, 1.807) is 0 Å². The highest BCUT2D eigenvalue weighted by molar-refractivity contribution is 5.95. The zero-order valence-electron chi connectivity index (χ0n) is 12.1. The Morgan fingerprint density at radius 3 is 2.60 bits per heavy atom. The van der Waals surface area contributed by atoms with Crippen LogP contribution in [0.4, 0.5) is 4.79 Å². The number of piperidine rings is 1. The van der Waals surface area contributed by atoms with Gasteiger partial charge in [-0.2, -0.15) is 0 Å². The molecule has 1 aliphatic rings. The van der Waals surface area contributed by atoms with Crippen LogP contribution >= 0.6 is 0 Å². The molecule has 0 aliphatic carbocycles. The van der Waals surface area contributed by atoms with Gasteiger partial charge in [0.1, 0.15) is 0 Å². The highest BCUT2D eigenvalue weighted by Crippen LogP contribution is 2.34. The zero-order chi connectivity index (χ0) is 15.2. The third kappa shape index (κ3) is 4.19. The fourth-order valence-electron chi connectivity index (χ4n) is 2.76. The van der Waals surface area contributed by atoms with Gasteiger partial charge in [0.05, 0.1) is 12.0 Å². The lowest BCUT2D eigenvalue weighted by Crippen LogP contribution is -2.51. The first-order chi connectivity index (χ1) is 9.43. The number of aliphatic carboxylic acids is 1. The van der Waals surface area contributed by atoms with Crippen molar-refractivity contribution in [3.05, 3.63) is 0 Å². The van der Waals surface area contributed by atoms with Gasteiger partial charge >= 0.3 is 12.0 Å². The number of nitrogens with one attached hydrogen (secondary N) is 2. The molecule has 0 aromatic heterocycles. The van der Waals surface area contributed by atoms with Gasteiger partial charge in [-0.05, 0) is 25.8 Å². The number of nitrogens with zero attached hydrogens (tertiary/aromatic N) is 1. The van der Waals surface area contributed by atoms with Gasteiger partial charge in [-0.15, -0.1) is 0 Å². The summed E-state index contributed by atoms with van der Waals surface area (Å²) in [6, 6.07) is -0.551. The quantitative estimate of drug-likeness (QED) is 0.679. The SMILES string of the molecule is CCCC1(C(=O)O)CCCN(CC(=O)NC(=O)NC)C1. The topological polar surface area (TPSA) is 98.7 Å². The molecule has 0 bridgehead atoms. The zero-order valence-corrected chi connectivity index (χ0v) is 12.1. The lowest BCUT2D eigenvalue weighted by atomic mass is 9.76. The predicted molar refractivity (Wildman–Crippen MR) is 73.2 cm³/mol. The van der Waals surface area contributed by atoms with Crippen molar-refractivity contribution >= 4 is 17.9 Å². The summed E-state index contributed by atoms with van der Waals surface area (Å²) in [5.41, 5.74) is -0.764. The molecular weight excluding hydrogens is 262 g/mol. The van der Waals surface area contributed by atoms with Gasteiger partial charge < -0.3 is 10.4 Å². The van der Waals surface area contributed by atoms with Crippen molar-refractivity contribution in [1.29, 1.82) is 0 Å². The second-order valence-electron chi connectivity index (χ2n) is 5.28. The number of amides is 3. The highest BCUT2D eigenvalue weighted by atomic mass is 16.4. The van der Waals surface area contributed by atoms with Gasteiger partial charge in [0.2, 0.25) is 5.91 Å². The van der Waals surface area contributed by atoms with E-state index in [4.69, 9.17) is 0 Å². The van der Waals surface area contributed by atoms with Crippen molar-refractivity contribution < 1.29 is 19.5 Å². The monoisotopic (exact) mass is 285 g/mol. The van der Waals surface area contributed by atoms with E-state index < -0.39 is 23.3 Å². The largest absolute Gasteiger partial charge is 0.481 e. The van der Waals surface area contributed by atoms with Crippen LogP contribution in [0.15, 0.2) is 0 Å². The molecule has 1 atom stereocenters. The van der Waals surface area contributed by atoms with Crippen molar-refractivity contribution in [3.8, 4) is 0 Å². The van der Waals surface area contributed by atoms with E-state index in [1.165, 1.54) is 7.05 Å². The summed E-state index contributed by atoms with van der Waals surface area (Å²) in [5.74, 6) is -1.21. The number of rotatable bonds is 5. The molecule has 1 aliphatic heterocycles. The fourth-order valence-corrected chi connectivity index (χ4v) is 2.76. The molecular formula is C13H23N3O4. The predicted octanol–water partition coefficient (Wildman–Crippen LogP) is 0.409. The van der Waals surface area contributed by atoms with Crippen molar-refractivity contribution in [2.24, 2.45) is 5.41 Å². The van der Waals surface area contributed by atoms with Crippen molar-refractivity contribution in [1.82, 2.24) is 15.5 Å². The Morgan fingerprint density at radius 2 is 2.05 bits per heavy atom. The third-order valence-corrected chi connectivity index (χ3v) is 3.69. The summed E-state index contributed by atoms with van der Waals surface area (Å²) in [6.07, 6.45) is 2.80. The van der Waals surface area contributed by atoms with E-state index >= 15 is 0 Å². The number of likely N-dealkylation sites (tertiary alicyclic amines) is 1. The van der Waals surface area contributed by atoms with Crippen LogP contribution in [0.3, 0.4) is 0 Å². The maximum Gasteiger partial charge on any atom is 0.321 e. The van der Waals surface area contributed by atoms with Crippen LogP contribution in [0.5, 0.6) is 0 Å². The van der Waals surface area contributed by atoms with Crippen LogP contribution in [0.2, 0.25) is 0 Å². The molecule has 0 radical (unpaired) electrons. The number of hydrogen-bond donors (Lipinski definition) is 3. The first-order valence-corrected chi connectivity index (χ1v) is 6.91. The highest BCUT2D eigenvalue weighted by Gasteiger charge is 2.41. The Labute approximate surface area is 118 Å². The molecule has 3 amide bonds. The fraction of sp³-hybridized carbons (Fsp3) is 0.769. The molecule has 1 saturated heterocycles. The smallest absolute Gasteiger partial charge is 0.321 e. The van der Waals surface area contributed by atoms with E-state index in [-0.39, 0.29) is 6.54 Å². The van der Waals surface area contributed by atoms with Gasteiger partial charge in [0.25, 0.3) is 0 Å². The summed E-state index contributed by atoms with van der Waals surface area (Å²) in [6.45, 7) is 3.05. The van der Waals surface area contributed by atoms with E-state index in [0.717, 1.165) is 12.8 Å². The van der Waals surface area contributed by atoms with Crippen LogP contribution < -0.4 is 10.6 Å². The number of urea groups is 1. The Morgan fingerprint density at radius 1 is 1.35 bits per heavy atom. The molecule has 7 heteroatoms. The standard InChI is InChI=1S/C13H23N3O4/c1-3-5-13(11(18)19)6-4-7-16(9-13)8-10(17)15-12(20)14-2/h3-9H2,1-2H3,(H,18,19)(H2,14,15,17,20). The number of carboxylic acid groups (broad SMARTS) is 1. The van der Waals surface area contributed by atoms with Gasteiger partial charge in [-0.1, -0.05) is 13.3 Å². The van der Waals surface area contributed by atoms with Gasteiger partial charge in [-0.25, -0.2) is 4.79 Å². The van der Waals surface area contributed by atoms with E-state index in [9.17, 15) is 19.5 Å². The molecule has 114 valence electrons. The van der Waals surface area contributed by atoms with Gasteiger partial charge in [0.15, 0.2) is 0 Å². The van der Waals surface area contributed by atoms with Gasteiger partial charge in [-0.3, -0.25) is 19.8 Å². The average Bonchev–Trinajstić information content (AvgIpc) is 2.38. The lowest BCUT2D eigenvalue weighted by Gasteiger charge is -2.39. The minimum Gasteiger partial charge on any atom is -0.481 e. The molecule has 1 heterocycles. The minimum atomic E-state index is -0.796. The van der Waals surface area contributed by atoms with Crippen LogP contribution in [-0.4, -0.2) is 54.6 Å². The van der Waals surface area contributed by atoms with Crippen molar-refractivity contribution in [3.63, 3.8) is 0 Å². The molecule has 3 N–H and O–H groups in total. The first kappa shape index (κ1) is 16.4. The van der Waals surface area contributed by atoms with E-state index in [2.05, 4.69) is 10.6 Å². The number of carbonyl (C=O) groups excluding carboxylic acids is 2. The van der Waals surface area contributed by atoms with E-state index in [0.29, 0.717) is 25.9 Å². The molecule has 0 aromatic rings. The normalized spacial score (nSPS) is 23.1. The summed E-state index contributed by atoms with van der Waals surface area (Å²) >= 11 is 0. The van der Waals surface area contributed by atoms with Crippen molar-refractivity contribution in [2.45, 2.75) is 32.6 Å². The summed E-state index contributed by atoms with van der Waals surface area (Å²) < 4.78 is 0. The molecule has 1 unspecified atom stereocenters. The van der Waals surface area contributed by atoms with Gasteiger partial charge in [0, 0.05) is 13.6 Å². The third-order valence-electron chi connectivity index (χ3n) is 3.69. The number of carboxylic acids is 1. The second kappa shape index (κ2) is 7.23. The average molecular weight is 285 g/mol. The Kier molecular flexibility index (Phi) is 5.94. The van der Waals surface area contributed by atoms with Crippen molar-refractivity contribution in [2.75, 3.05) is 26.7 Å². The summed E-state index contributed by atoms with van der Waals surface area (Å²) in [5, 5.41) is 14.0. The Balaban J connectivity index is 2.61. The Bertz CT molecular complexity index is 382. The molecule has 7 nitrogen and oxygen atoms in total. The maximum absolute atomic E-state index is 11.7. The van der Waals surface area contributed by atoms with Crippen LogP contribution in [-0.2, 0) is 9.59 Å². The molecule has 0 aromatic carbocycles. The molecule has 20 heavy (non-hydrogen) atoms. The number of imide groups is 1. The minimum absolute atomic E-state index is 0.0478. The summed E-state index contributed by atoms with van der Waals surface area (Å²) in [7, 11) is 1.43. The Hall–Kier alpha value is -1.63. The summed E-state index contributed by atoms with van der Waals surface area (Å²) in [4.78, 5) is 36.0. The van der Waals surface area contributed by atoms with Crippen LogP contribution in [0.1, 0.15) is 32.6 Å². The second-order valence-corrected chi connectivity index (χ2v) is 5.28. The number of hydrogen-bond acceptors (Lipinski definition) is 4. The lowest BCUT2D eigenvalue weighted by molar-refractivity contribution is -0.154. The molecule has 1 rings (SSSR count). The van der Waals surface area contributed by atoms with E-state index in [1.807, 2.05) is 11.8 Å². The van der Waals surface area contributed by atoms with Crippen LogP contribution in [0.25, 0.3) is 0 Å². The van der Waals surface area contributed by atoms with Crippen LogP contribution in [0, 0.1) is 5.41 Å². The first-order valence-electron chi connectivity index (χ1n) is 6.91. The molecule has 1 fully saturated rings. The molecule has 0 spiro atoms. The molecule has 0 saturated carbocycles.